The second kappa shape index (κ2) is 11.8. The standard InChI is InChI=1S/C33H42N4O/c1-5-23-13-14-35-33-29(20-34)31(38-16-15-37(3)4)19-28(32(23)33)25-11-12-26-17-27(21-36-30(26)18-25)22(2)24-9-7-6-8-10-24/h11-12,14,18-19,21-24,27H,5-10,13,15-17H2,1-4H3. The molecular weight excluding hydrogens is 468 g/mol. The molecule has 0 spiro atoms. The van der Waals surface area contributed by atoms with Gasteiger partial charge < -0.3 is 9.64 Å². The van der Waals surface area contributed by atoms with Crippen LogP contribution in [0.4, 0.5) is 11.4 Å². The van der Waals surface area contributed by atoms with Gasteiger partial charge in [-0.05, 0) is 85.5 Å². The Labute approximate surface area is 228 Å². The highest BCUT2D eigenvalue weighted by atomic mass is 16.5. The quantitative estimate of drug-likeness (QED) is 0.363. The molecule has 0 aromatic heterocycles. The van der Waals surface area contributed by atoms with E-state index >= 15 is 0 Å². The van der Waals surface area contributed by atoms with Crippen molar-refractivity contribution in [3.8, 4) is 22.9 Å². The van der Waals surface area contributed by atoms with Gasteiger partial charge in [-0.15, -0.1) is 0 Å². The minimum Gasteiger partial charge on any atom is -0.491 e. The molecular formula is C33H42N4O. The number of aliphatic imine (C=N–C) groups is 2. The van der Waals surface area contributed by atoms with Gasteiger partial charge in [0.05, 0.1) is 11.4 Å². The molecule has 1 saturated carbocycles. The molecule has 1 fully saturated rings. The lowest BCUT2D eigenvalue weighted by molar-refractivity contribution is 0.228. The molecule has 5 heteroatoms. The van der Waals surface area contributed by atoms with Crippen LogP contribution in [0.25, 0.3) is 11.1 Å². The van der Waals surface area contributed by atoms with Gasteiger partial charge in [-0.1, -0.05) is 58.1 Å². The van der Waals surface area contributed by atoms with Gasteiger partial charge in [-0.3, -0.25) is 9.98 Å². The van der Waals surface area contributed by atoms with Crippen molar-refractivity contribution in [1.29, 1.82) is 5.26 Å². The molecule has 3 atom stereocenters. The number of likely N-dealkylation sites (N-methyl/N-ethyl adjacent to an activating group) is 1. The summed E-state index contributed by atoms with van der Waals surface area (Å²) in [6.45, 7) is 5.97. The summed E-state index contributed by atoms with van der Waals surface area (Å²) in [6, 6.07) is 11.3. The van der Waals surface area contributed by atoms with Crippen molar-refractivity contribution >= 4 is 23.8 Å². The first kappa shape index (κ1) is 26.6. The molecule has 0 bridgehead atoms. The maximum Gasteiger partial charge on any atom is 0.139 e. The predicted octanol–water partition coefficient (Wildman–Crippen LogP) is 7.86. The van der Waals surface area contributed by atoms with Gasteiger partial charge in [0.15, 0.2) is 0 Å². The average Bonchev–Trinajstić information content (AvgIpc) is 2.95. The Morgan fingerprint density at radius 2 is 1.95 bits per heavy atom. The van der Waals surface area contributed by atoms with Crippen molar-refractivity contribution < 1.29 is 4.74 Å². The number of hydrogen-bond acceptors (Lipinski definition) is 5. The minimum absolute atomic E-state index is 0.334. The second-order valence-electron chi connectivity index (χ2n) is 11.7. The van der Waals surface area contributed by atoms with Crippen molar-refractivity contribution in [3.05, 3.63) is 41.0 Å². The molecule has 1 aliphatic carbocycles. The highest BCUT2D eigenvalue weighted by Crippen LogP contribution is 2.48. The zero-order valence-electron chi connectivity index (χ0n) is 23.5. The van der Waals surface area contributed by atoms with Gasteiger partial charge in [-0.25, -0.2) is 0 Å². The van der Waals surface area contributed by atoms with Crippen LogP contribution >= 0.6 is 0 Å². The number of benzene rings is 2. The molecule has 2 aromatic carbocycles. The second-order valence-corrected chi connectivity index (χ2v) is 11.7. The molecule has 5 rings (SSSR count). The van der Waals surface area contributed by atoms with E-state index in [1.807, 2.05) is 20.3 Å². The SMILES string of the molecule is CCC1CC=Nc2c(C#N)c(OCCN(C)C)cc(-c3ccc4c(c3)N=CC(C(C)C3CCCCC3)C4)c21. The molecule has 3 unspecified atom stereocenters. The van der Waals surface area contributed by atoms with E-state index in [-0.39, 0.29) is 0 Å². The van der Waals surface area contributed by atoms with Crippen LogP contribution in [-0.4, -0.2) is 44.6 Å². The molecule has 2 aromatic rings. The fourth-order valence-corrected chi connectivity index (χ4v) is 6.60. The minimum atomic E-state index is 0.334. The first-order valence-corrected chi connectivity index (χ1v) is 14.6. The zero-order chi connectivity index (χ0) is 26.6. The van der Waals surface area contributed by atoms with Crippen LogP contribution in [0.15, 0.2) is 34.3 Å². The topological polar surface area (TPSA) is 61.0 Å². The Kier molecular flexibility index (Phi) is 8.29. The lowest BCUT2D eigenvalue weighted by Crippen LogP contribution is -2.26. The zero-order valence-corrected chi connectivity index (χ0v) is 23.5. The van der Waals surface area contributed by atoms with Gasteiger partial charge in [0, 0.05) is 24.9 Å². The normalized spacial score (nSPS) is 21.6. The molecule has 200 valence electrons. The molecule has 0 radical (unpaired) electrons. The first-order chi connectivity index (χ1) is 18.5. The van der Waals surface area contributed by atoms with E-state index in [1.165, 1.54) is 43.2 Å². The van der Waals surface area contributed by atoms with Crippen molar-refractivity contribution in [3.63, 3.8) is 0 Å². The molecule has 2 heterocycles. The molecule has 0 N–H and O–H groups in total. The summed E-state index contributed by atoms with van der Waals surface area (Å²) in [5.41, 5.74) is 7.19. The van der Waals surface area contributed by atoms with Crippen molar-refractivity contribution in [2.24, 2.45) is 27.7 Å². The van der Waals surface area contributed by atoms with E-state index in [2.05, 4.69) is 55.3 Å². The van der Waals surface area contributed by atoms with Gasteiger partial charge >= 0.3 is 0 Å². The van der Waals surface area contributed by atoms with Crippen LogP contribution in [0.2, 0.25) is 0 Å². The van der Waals surface area contributed by atoms with Gasteiger partial charge in [0.25, 0.3) is 0 Å². The van der Waals surface area contributed by atoms with Crippen LogP contribution in [0, 0.1) is 29.1 Å². The van der Waals surface area contributed by atoms with E-state index in [9.17, 15) is 5.26 Å². The maximum absolute atomic E-state index is 10.1. The summed E-state index contributed by atoms with van der Waals surface area (Å²) in [5, 5.41) is 10.1. The molecule has 38 heavy (non-hydrogen) atoms. The van der Waals surface area contributed by atoms with Crippen molar-refractivity contribution in [2.75, 3.05) is 27.2 Å². The van der Waals surface area contributed by atoms with Gasteiger partial charge in [-0.2, -0.15) is 5.26 Å². The molecule has 5 nitrogen and oxygen atoms in total. The first-order valence-electron chi connectivity index (χ1n) is 14.6. The third-order valence-corrected chi connectivity index (χ3v) is 9.05. The summed E-state index contributed by atoms with van der Waals surface area (Å²) >= 11 is 0. The smallest absolute Gasteiger partial charge is 0.139 e. The Balaban J connectivity index is 1.50. The van der Waals surface area contributed by atoms with Crippen LogP contribution in [-0.2, 0) is 6.42 Å². The number of hydrogen-bond donors (Lipinski definition) is 0. The lowest BCUT2D eigenvalue weighted by atomic mass is 9.73. The van der Waals surface area contributed by atoms with Gasteiger partial charge in [0.2, 0.25) is 0 Å². The van der Waals surface area contributed by atoms with Crippen LogP contribution < -0.4 is 4.74 Å². The Morgan fingerprint density at radius 1 is 1.13 bits per heavy atom. The monoisotopic (exact) mass is 510 g/mol. The number of nitriles is 1. The molecule has 3 aliphatic rings. The number of ether oxygens (including phenoxy) is 1. The largest absolute Gasteiger partial charge is 0.491 e. The van der Waals surface area contributed by atoms with E-state index in [0.717, 1.165) is 54.2 Å². The Morgan fingerprint density at radius 3 is 2.68 bits per heavy atom. The van der Waals surface area contributed by atoms with Crippen LogP contribution in [0.1, 0.15) is 81.4 Å². The summed E-state index contributed by atoms with van der Waals surface area (Å²) in [4.78, 5) is 11.8. The third-order valence-electron chi connectivity index (χ3n) is 9.05. The van der Waals surface area contributed by atoms with E-state index in [1.54, 1.807) is 0 Å². The Bertz CT molecular complexity index is 1250. The summed E-state index contributed by atoms with van der Waals surface area (Å²) in [6.07, 6.45) is 14.1. The molecule has 0 amide bonds. The fourth-order valence-electron chi connectivity index (χ4n) is 6.60. The van der Waals surface area contributed by atoms with Crippen molar-refractivity contribution in [2.45, 2.75) is 71.1 Å². The van der Waals surface area contributed by atoms with Gasteiger partial charge in [0.1, 0.15) is 24.0 Å². The van der Waals surface area contributed by atoms with E-state index in [0.29, 0.717) is 35.7 Å². The third kappa shape index (κ3) is 5.43. The van der Waals surface area contributed by atoms with Crippen LogP contribution in [0.3, 0.4) is 0 Å². The summed E-state index contributed by atoms with van der Waals surface area (Å²) < 4.78 is 6.18. The van der Waals surface area contributed by atoms with E-state index in [4.69, 9.17) is 14.7 Å². The number of nitrogens with zero attached hydrogens (tertiary/aromatic N) is 4. The number of fused-ring (bicyclic) bond motifs is 2. The molecule has 2 aliphatic heterocycles. The summed E-state index contributed by atoms with van der Waals surface area (Å²) in [7, 11) is 4.05. The predicted molar refractivity (Wildman–Crippen MR) is 158 cm³/mol. The summed E-state index contributed by atoms with van der Waals surface area (Å²) in [5.74, 6) is 3.00. The average molecular weight is 511 g/mol. The van der Waals surface area contributed by atoms with E-state index < -0.39 is 0 Å². The lowest BCUT2D eigenvalue weighted by Gasteiger charge is -2.33. The fraction of sp³-hybridized carbons (Fsp3) is 0.545. The number of rotatable bonds is 8. The maximum atomic E-state index is 10.1. The van der Waals surface area contributed by atoms with Crippen LogP contribution in [0.5, 0.6) is 5.75 Å². The van der Waals surface area contributed by atoms with Crippen molar-refractivity contribution in [1.82, 2.24) is 4.90 Å². The molecule has 0 saturated heterocycles. The Hall–Kier alpha value is -2.97. The highest BCUT2D eigenvalue weighted by molar-refractivity contribution is 5.86. The highest BCUT2D eigenvalue weighted by Gasteiger charge is 2.30.